The van der Waals surface area contributed by atoms with Gasteiger partial charge >= 0.3 is 0 Å². The predicted molar refractivity (Wildman–Crippen MR) is 66.0 cm³/mol. The number of hydrogen-bond donors (Lipinski definition) is 1. The van der Waals surface area contributed by atoms with Gasteiger partial charge in [0.25, 0.3) is 0 Å². The average Bonchev–Trinajstić information content (AvgIpc) is 2.45. The SMILES string of the molecule is Cc1nn(C2CCCS(=O)(=O)C2)c(N)c1Br. The number of nitrogen functional groups attached to an aromatic ring is 1. The Morgan fingerprint density at radius 3 is 2.75 bits per heavy atom. The first-order valence-electron chi connectivity index (χ1n) is 5.11. The summed E-state index contributed by atoms with van der Waals surface area (Å²) in [5.74, 6) is 0.940. The van der Waals surface area contributed by atoms with Crippen molar-refractivity contribution in [1.82, 2.24) is 9.78 Å². The average molecular weight is 308 g/mol. The quantitative estimate of drug-likeness (QED) is 0.848. The zero-order chi connectivity index (χ0) is 11.9. The number of rotatable bonds is 1. The van der Waals surface area contributed by atoms with Crippen molar-refractivity contribution < 1.29 is 8.42 Å². The first-order chi connectivity index (χ1) is 7.41. The molecule has 2 rings (SSSR count). The van der Waals surface area contributed by atoms with Gasteiger partial charge in [-0.2, -0.15) is 5.10 Å². The van der Waals surface area contributed by atoms with Gasteiger partial charge in [0.15, 0.2) is 9.84 Å². The largest absolute Gasteiger partial charge is 0.383 e. The summed E-state index contributed by atoms with van der Waals surface area (Å²) in [6.07, 6.45) is 1.50. The molecular formula is C9H14BrN3O2S. The maximum atomic E-state index is 11.5. The number of halogens is 1. The van der Waals surface area contributed by atoms with E-state index >= 15 is 0 Å². The van der Waals surface area contributed by atoms with E-state index in [2.05, 4.69) is 21.0 Å². The molecule has 1 unspecified atom stereocenters. The lowest BCUT2D eigenvalue weighted by Gasteiger charge is -2.23. The third-order valence-corrected chi connectivity index (χ3v) is 5.62. The molecule has 5 nitrogen and oxygen atoms in total. The summed E-state index contributed by atoms with van der Waals surface area (Å²) >= 11 is 3.34. The van der Waals surface area contributed by atoms with Crippen molar-refractivity contribution in [3.63, 3.8) is 0 Å². The zero-order valence-electron chi connectivity index (χ0n) is 8.98. The van der Waals surface area contributed by atoms with Gasteiger partial charge < -0.3 is 5.73 Å². The van der Waals surface area contributed by atoms with E-state index in [1.165, 1.54) is 0 Å². The fourth-order valence-electron chi connectivity index (χ4n) is 2.02. The van der Waals surface area contributed by atoms with Gasteiger partial charge in [0.05, 0.1) is 27.7 Å². The minimum atomic E-state index is -2.93. The summed E-state index contributed by atoms with van der Waals surface area (Å²) in [7, 11) is -2.93. The number of hydrogen-bond acceptors (Lipinski definition) is 4. The van der Waals surface area contributed by atoms with E-state index < -0.39 is 9.84 Å². The fourth-order valence-corrected chi connectivity index (χ4v) is 3.94. The standard InChI is InChI=1S/C9H14BrN3O2S/c1-6-8(10)9(11)13(12-6)7-3-2-4-16(14,15)5-7/h7H,2-5,11H2,1H3. The normalized spacial score (nSPS) is 24.5. The predicted octanol–water partition coefficient (Wildman–Crippen LogP) is 1.29. The number of aromatic nitrogens is 2. The Kier molecular flexibility index (Phi) is 3.00. The smallest absolute Gasteiger partial charge is 0.152 e. The molecule has 0 aromatic carbocycles. The van der Waals surface area contributed by atoms with Crippen LogP contribution in [0.5, 0.6) is 0 Å². The highest BCUT2D eigenvalue weighted by molar-refractivity contribution is 9.10. The molecule has 0 aliphatic carbocycles. The Morgan fingerprint density at radius 2 is 2.25 bits per heavy atom. The number of nitrogens with zero attached hydrogens (tertiary/aromatic N) is 2. The Balaban J connectivity index is 2.34. The second kappa shape index (κ2) is 4.03. The van der Waals surface area contributed by atoms with Crippen LogP contribution in [-0.2, 0) is 9.84 Å². The van der Waals surface area contributed by atoms with Crippen LogP contribution in [0.1, 0.15) is 24.6 Å². The van der Waals surface area contributed by atoms with E-state index in [0.29, 0.717) is 12.2 Å². The van der Waals surface area contributed by atoms with Crippen molar-refractivity contribution in [3.8, 4) is 0 Å². The lowest BCUT2D eigenvalue weighted by atomic mass is 10.2. The first-order valence-corrected chi connectivity index (χ1v) is 7.72. The van der Waals surface area contributed by atoms with Crippen molar-refractivity contribution in [3.05, 3.63) is 10.2 Å². The van der Waals surface area contributed by atoms with E-state index in [4.69, 9.17) is 5.73 Å². The molecule has 0 radical (unpaired) electrons. The minimum absolute atomic E-state index is 0.122. The summed E-state index contributed by atoms with van der Waals surface area (Å²) in [4.78, 5) is 0. The molecule has 1 aromatic heterocycles. The molecule has 0 amide bonds. The van der Waals surface area contributed by atoms with E-state index in [9.17, 15) is 8.42 Å². The molecule has 0 bridgehead atoms. The van der Waals surface area contributed by atoms with Gasteiger partial charge in [-0.1, -0.05) is 0 Å². The van der Waals surface area contributed by atoms with Crippen LogP contribution >= 0.6 is 15.9 Å². The minimum Gasteiger partial charge on any atom is -0.383 e. The highest BCUT2D eigenvalue weighted by atomic mass is 79.9. The molecule has 16 heavy (non-hydrogen) atoms. The second-order valence-electron chi connectivity index (χ2n) is 4.14. The second-order valence-corrected chi connectivity index (χ2v) is 7.16. The number of anilines is 1. The van der Waals surface area contributed by atoms with Gasteiger partial charge in [-0.15, -0.1) is 0 Å². The number of nitrogens with two attached hydrogens (primary N) is 1. The lowest BCUT2D eigenvalue weighted by molar-refractivity contribution is 0.438. The molecule has 7 heteroatoms. The van der Waals surface area contributed by atoms with Crippen molar-refractivity contribution in [2.45, 2.75) is 25.8 Å². The van der Waals surface area contributed by atoms with Crippen LogP contribution in [0.25, 0.3) is 0 Å². The third kappa shape index (κ3) is 2.10. The van der Waals surface area contributed by atoms with Crippen molar-refractivity contribution in [2.24, 2.45) is 0 Å². The van der Waals surface area contributed by atoms with Crippen molar-refractivity contribution >= 4 is 31.6 Å². The topological polar surface area (TPSA) is 78.0 Å². The van der Waals surface area contributed by atoms with Crippen LogP contribution in [0, 0.1) is 6.92 Å². The monoisotopic (exact) mass is 307 g/mol. The Bertz CT molecular complexity index is 509. The number of sulfone groups is 1. The Morgan fingerprint density at radius 1 is 1.56 bits per heavy atom. The summed E-state index contributed by atoms with van der Waals surface area (Å²) < 4.78 is 25.5. The number of aryl methyl sites for hydroxylation is 1. The van der Waals surface area contributed by atoms with Crippen LogP contribution in [-0.4, -0.2) is 29.7 Å². The van der Waals surface area contributed by atoms with Crippen molar-refractivity contribution in [2.75, 3.05) is 17.2 Å². The molecule has 1 saturated heterocycles. The highest BCUT2D eigenvalue weighted by Crippen LogP contribution is 2.30. The van der Waals surface area contributed by atoms with Crippen molar-refractivity contribution in [1.29, 1.82) is 0 Å². The Hall–Kier alpha value is -0.560. The summed E-state index contributed by atoms with van der Waals surface area (Å²) in [5, 5.41) is 4.28. The van der Waals surface area contributed by atoms with Gasteiger partial charge in [-0.25, -0.2) is 13.1 Å². The van der Waals surface area contributed by atoms with E-state index in [-0.39, 0.29) is 17.5 Å². The molecule has 2 heterocycles. The molecule has 0 saturated carbocycles. The van der Waals surface area contributed by atoms with Crippen LogP contribution in [0.15, 0.2) is 4.47 Å². The van der Waals surface area contributed by atoms with E-state index in [1.807, 2.05) is 6.92 Å². The molecule has 1 aliphatic rings. The molecule has 90 valence electrons. The third-order valence-electron chi connectivity index (χ3n) is 2.83. The first kappa shape index (κ1) is 11.9. The molecule has 2 N–H and O–H groups in total. The molecule has 1 atom stereocenters. The molecule has 1 aromatic rings. The fraction of sp³-hybridized carbons (Fsp3) is 0.667. The van der Waals surface area contributed by atoms with Gasteiger partial charge in [0, 0.05) is 0 Å². The van der Waals surface area contributed by atoms with Crippen LogP contribution in [0.2, 0.25) is 0 Å². The molecule has 1 aliphatic heterocycles. The van der Waals surface area contributed by atoms with Gasteiger partial charge in [0.1, 0.15) is 5.82 Å². The molecular weight excluding hydrogens is 294 g/mol. The summed E-state index contributed by atoms with van der Waals surface area (Å²) in [6, 6.07) is -0.122. The van der Waals surface area contributed by atoms with Crippen LogP contribution in [0.4, 0.5) is 5.82 Å². The van der Waals surface area contributed by atoms with E-state index in [0.717, 1.165) is 16.6 Å². The summed E-state index contributed by atoms with van der Waals surface area (Å²) in [6.45, 7) is 1.84. The lowest BCUT2D eigenvalue weighted by Crippen LogP contribution is -2.28. The summed E-state index contributed by atoms with van der Waals surface area (Å²) in [5.41, 5.74) is 6.67. The van der Waals surface area contributed by atoms with Crippen LogP contribution in [0.3, 0.4) is 0 Å². The Labute approximate surface area is 103 Å². The zero-order valence-corrected chi connectivity index (χ0v) is 11.4. The van der Waals surface area contributed by atoms with E-state index in [1.54, 1.807) is 4.68 Å². The highest BCUT2D eigenvalue weighted by Gasteiger charge is 2.28. The van der Waals surface area contributed by atoms with Gasteiger partial charge in [-0.05, 0) is 35.7 Å². The van der Waals surface area contributed by atoms with Gasteiger partial charge in [0.2, 0.25) is 0 Å². The van der Waals surface area contributed by atoms with Crippen LogP contribution < -0.4 is 5.73 Å². The maximum absolute atomic E-state index is 11.5. The molecule has 0 spiro atoms. The van der Waals surface area contributed by atoms with Gasteiger partial charge in [-0.3, -0.25) is 0 Å². The molecule has 1 fully saturated rings. The maximum Gasteiger partial charge on any atom is 0.152 e.